The summed E-state index contributed by atoms with van der Waals surface area (Å²) in [5.74, 6) is 2.10. The molecular formula is C34H48F2N3O5PS. The Hall–Kier alpha value is -3.14. The number of rotatable bonds is 15. The summed E-state index contributed by atoms with van der Waals surface area (Å²) >= 11 is 1.36. The van der Waals surface area contributed by atoms with Gasteiger partial charge in [0.05, 0.1) is 40.7 Å². The molecule has 2 N–H and O–H groups in total. The number of amides is 2. The highest BCUT2D eigenvalue weighted by Crippen LogP contribution is 2.34. The first-order valence-corrected chi connectivity index (χ1v) is 16.6. The topological polar surface area (TPSA) is 98.8 Å². The minimum atomic E-state index is -3.12. The van der Waals surface area contributed by atoms with E-state index in [1.54, 1.807) is 25.3 Å². The van der Waals surface area contributed by atoms with Gasteiger partial charge in [-0.05, 0) is 73.4 Å². The van der Waals surface area contributed by atoms with E-state index < -0.39 is 17.5 Å². The van der Waals surface area contributed by atoms with E-state index in [0.717, 1.165) is 23.5 Å². The number of carbonyl (C=O) groups excluding carboxylic acids is 2. The molecule has 1 aromatic heterocycles. The standard InChI is InChI=1S/C23H24F2N3O4PS.C11H24O/c1-12(23(24,25)33)9-10-26-21(29)15-11-14(31-3)5-6-16(15)28-22(30)19-18(32-4)8-7-17-20(19)34-13(2)27-17;1-6-10(3)11(4)7-9(2)8-12-5/h5-8,11H,1,9-10,33H2,2-4H3,(H,26,29)(H,28,30);9-11H,6-8H2,1-5H3. The van der Waals surface area contributed by atoms with Gasteiger partial charge < -0.3 is 24.8 Å². The zero-order valence-electron chi connectivity index (χ0n) is 28.1. The quantitative estimate of drug-likeness (QED) is 0.124. The minimum absolute atomic E-state index is 0.0560. The Labute approximate surface area is 277 Å². The predicted molar refractivity (Wildman–Crippen MR) is 187 cm³/mol. The molecule has 2 amide bonds. The van der Waals surface area contributed by atoms with E-state index >= 15 is 0 Å². The number of nitrogens with zero attached hydrogens (tertiary/aromatic N) is 1. The molecule has 8 nitrogen and oxygen atoms in total. The summed E-state index contributed by atoms with van der Waals surface area (Å²) in [6.45, 7) is 15.2. The summed E-state index contributed by atoms with van der Waals surface area (Å²) in [5, 5.41) is 6.13. The molecule has 2 aromatic carbocycles. The van der Waals surface area contributed by atoms with Crippen LogP contribution < -0.4 is 20.1 Å². The molecule has 46 heavy (non-hydrogen) atoms. The molecule has 0 saturated carbocycles. The van der Waals surface area contributed by atoms with Crippen LogP contribution in [0.15, 0.2) is 42.5 Å². The fraction of sp³-hybridized carbons (Fsp3) is 0.500. The Morgan fingerprint density at radius 2 is 1.76 bits per heavy atom. The lowest BCUT2D eigenvalue weighted by atomic mass is 9.86. The van der Waals surface area contributed by atoms with Crippen LogP contribution in [0, 0.1) is 24.7 Å². The van der Waals surface area contributed by atoms with Crippen molar-refractivity contribution in [2.45, 2.75) is 59.5 Å². The third-order valence-electron chi connectivity index (χ3n) is 7.82. The van der Waals surface area contributed by atoms with Gasteiger partial charge in [-0.3, -0.25) is 9.59 Å². The van der Waals surface area contributed by atoms with E-state index in [9.17, 15) is 18.4 Å². The van der Waals surface area contributed by atoms with E-state index in [1.807, 2.05) is 6.92 Å². The van der Waals surface area contributed by atoms with Crippen molar-refractivity contribution in [1.29, 1.82) is 0 Å². The normalized spacial score (nSPS) is 13.2. The van der Waals surface area contributed by atoms with Crippen molar-refractivity contribution in [3.8, 4) is 11.5 Å². The number of hydrogen-bond donors (Lipinski definition) is 2. The molecule has 254 valence electrons. The summed E-state index contributed by atoms with van der Waals surface area (Å²) in [6, 6.07) is 8.02. The highest BCUT2D eigenvalue weighted by Gasteiger charge is 2.26. The number of fused-ring (bicyclic) bond motifs is 1. The molecule has 4 atom stereocenters. The lowest BCUT2D eigenvalue weighted by Crippen LogP contribution is -2.27. The van der Waals surface area contributed by atoms with Gasteiger partial charge in [-0.2, -0.15) is 8.78 Å². The van der Waals surface area contributed by atoms with Crippen LogP contribution in [0.3, 0.4) is 0 Å². The third-order valence-corrected chi connectivity index (χ3v) is 9.23. The molecule has 0 aliphatic heterocycles. The van der Waals surface area contributed by atoms with Crippen molar-refractivity contribution in [3.63, 3.8) is 0 Å². The van der Waals surface area contributed by atoms with Crippen LogP contribution in [0.1, 0.15) is 72.7 Å². The molecule has 0 spiro atoms. The number of aryl methyl sites for hydroxylation is 1. The van der Waals surface area contributed by atoms with Gasteiger partial charge >= 0.3 is 0 Å². The number of aromatic nitrogens is 1. The van der Waals surface area contributed by atoms with E-state index in [1.165, 1.54) is 59.8 Å². The first kappa shape index (κ1) is 39.0. The third kappa shape index (κ3) is 11.3. The monoisotopic (exact) mass is 679 g/mol. The number of carbonyl (C=O) groups is 2. The number of nitrogens with one attached hydrogen (secondary N) is 2. The largest absolute Gasteiger partial charge is 0.497 e. The molecule has 0 radical (unpaired) electrons. The average Bonchev–Trinajstić information content (AvgIpc) is 3.39. The van der Waals surface area contributed by atoms with Crippen molar-refractivity contribution in [3.05, 3.63) is 58.6 Å². The Kier molecular flexibility index (Phi) is 15.5. The maximum Gasteiger partial charge on any atom is 0.279 e. The van der Waals surface area contributed by atoms with Crippen molar-refractivity contribution in [2.75, 3.05) is 39.8 Å². The summed E-state index contributed by atoms with van der Waals surface area (Å²) in [5.41, 5.74) is -2.15. The van der Waals surface area contributed by atoms with E-state index in [-0.39, 0.29) is 29.8 Å². The molecule has 0 aliphatic rings. The van der Waals surface area contributed by atoms with Crippen LogP contribution in [-0.4, -0.2) is 56.9 Å². The zero-order chi connectivity index (χ0) is 34.6. The minimum Gasteiger partial charge on any atom is -0.497 e. The highest BCUT2D eigenvalue weighted by atomic mass is 32.1. The number of halogens is 2. The molecule has 4 unspecified atom stereocenters. The van der Waals surface area contributed by atoms with Gasteiger partial charge in [0.1, 0.15) is 17.1 Å². The van der Waals surface area contributed by atoms with Crippen LogP contribution in [0.4, 0.5) is 14.5 Å². The number of alkyl halides is 2. The number of anilines is 1. The van der Waals surface area contributed by atoms with Crippen molar-refractivity contribution < 1.29 is 32.6 Å². The summed E-state index contributed by atoms with van der Waals surface area (Å²) < 4.78 is 42.9. The van der Waals surface area contributed by atoms with Crippen LogP contribution in [0.2, 0.25) is 0 Å². The summed E-state index contributed by atoms with van der Waals surface area (Å²) in [4.78, 5) is 30.5. The van der Waals surface area contributed by atoms with Gasteiger partial charge in [0.15, 0.2) is 0 Å². The SMILES string of the molecule is C=C(CCNC(=O)c1cc(OC)ccc1NC(=O)c1c(OC)ccc2nc(C)sc12)C(F)(F)P.CCC(C)C(C)CC(C)COC. The first-order chi connectivity index (χ1) is 21.7. The number of benzene rings is 2. The molecule has 12 heteroatoms. The number of methoxy groups -OCH3 is 3. The number of ether oxygens (including phenoxy) is 3. The molecule has 0 aliphatic carbocycles. The number of thiazole rings is 1. The van der Waals surface area contributed by atoms with E-state index in [4.69, 9.17) is 14.2 Å². The van der Waals surface area contributed by atoms with Gasteiger partial charge in [-0.25, -0.2) is 4.98 Å². The fourth-order valence-corrected chi connectivity index (χ4v) is 5.91. The van der Waals surface area contributed by atoms with Crippen LogP contribution >= 0.6 is 20.6 Å². The van der Waals surface area contributed by atoms with Crippen molar-refractivity contribution in [1.82, 2.24) is 10.3 Å². The molecule has 0 saturated heterocycles. The van der Waals surface area contributed by atoms with Gasteiger partial charge in [0, 0.05) is 20.3 Å². The molecule has 3 rings (SSSR count). The van der Waals surface area contributed by atoms with Crippen LogP contribution in [-0.2, 0) is 4.74 Å². The maximum absolute atomic E-state index is 13.3. The molecule has 1 heterocycles. The lowest BCUT2D eigenvalue weighted by molar-refractivity contribution is 0.0950. The number of hydrogen-bond acceptors (Lipinski definition) is 7. The lowest BCUT2D eigenvalue weighted by Gasteiger charge is -2.21. The Morgan fingerprint density at radius 3 is 2.35 bits per heavy atom. The fourth-order valence-electron chi connectivity index (χ4n) is 4.81. The molecule has 0 bridgehead atoms. The second kappa shape index (κ2) is 18.3. The maximum atomic E-state index is 13.3. The van der Waals surface area contributed by atoms with Crippen LogP contribution in [0.5, 0.6) is 11.5 Å². The molecular weight excluding hydrogens is 631 g/mol. The van der Waals surface area contributed by atoms with E-state index in [2.05, 4.69) is 49.9 Å². The van der Waals surface area contributed by atoms with Gasteiger partial charge in [-0.15, -0.1) is 11.3 Å². The van der Waals surface area contributed by atoms with Gasteiger partial charge in [0.2, 0.25) is 0 Å². The first-order valence-electron chi connectivity index (χ1n) is 15.2. The summed E-state index contributed by atoms with van der Waals surface area (Å²) in [6.07, 6.45) is 2.47. The smallest absolute Gasteiger partial charge is 0.279 e. The van der Waals surface area contributed by atoms with Crippen molar-refractivity contribution in [2.24, 2.45) is 17.8 Å². The predicted octanol–water partition coefficient (Wildman–Crippen LogP) is 8.36. The average molecular weight is 680 g/mol. The van der Waals surface area contributed by atoms with Gasteiger partial charge in [-0.1, -0.05) is 49.9 Å². The molecule has 0 fully saturated rings. The Morgan fingerprint density at radius 1 is 1.07 bits per heavy atom. The highest BCUT2D eigenvalue weighted by molar-refractivity contribution is 7.19. The zero-order valence-corrected chi connectivity index (χ0v) is 30.1. The van der Waals surface area contributed by atoms with Crippen molar-refractivity contribution >= 4 is 48.3 Å². The van der Waals surface area contributed by atoms with Crippen LogP contribution in [0.25, 0.3) is 10.2 Å². The van der Waals surface area contributed by atoms with Gasteiger partial charge in [0.25, 0.3) is 17.5 Å². The second-order valence-corrected chi connectivity index (χ2v) is 13.4. The second-order valence-electron chi connectivity index (χ2n) is 11.5. The molecule has 3 aromatic rings. The van der Waals surface area contributed by atoms with E-state index in [0.29, 0.717) is 33.2 Å². The Balaban J connectivity index is 0.000000521. The summed E-state index contributed by atoms with van der Waals surface area (Å²) in [7, 11) is 6.10. The Bertz CT molecular complexity index is 1480.